The number of nitrogens with one attached hydrogen (secondary N) is 2. The number of benzene rings is 2. The van der Waals surface area contributed by atoms with Crippen LogP contribution in [0.25, 0.3) is 0 Å². The zero-order chi connectivity index (χ0) is 21.1. The Morgan fingerprint density at radius 1 is 1.10 bits per heavy atom. The summed E-state index contributed by atoms with van der Waals surface area (Å²) in [6.45, 7) is 4.86. The van der Waals surface area contributed by atoms with Gasteiger partial charge in [0.1, 0.15) is 11.5 Å². The number of halogens is 1. The van der Waals surface area contributed by atoms with Crippen molar-refractivity contribution >= 4 is 34.0 Å². The van der Waals surface area contributed by atoms with E-state index in [1.165, 1.54) is 6.21 Å². The molecule has 0 aliphatic heterocycles. The Labute approximate surface area is 178 Å². The highest BCUT2D eigenvalue weighted by Crippen LogP contribution is 2.22. The van der Waals surface area contributed by atoms with E-state index in [-0.39, 0.29) is 12.5 Å². The molecule has 2 N–H and O–H groups in total. The van der Waals surface area contributed by atoms with Gasteiger partial charge in [-0.05, 0) is 55.8 Å². The molecule has 0 saturated heterocycles. The summed E-state index contributed by atoms with van der Waals surface area (Å²) in [5, 5.41) is 6.49. The van der Waals surface area contributed by atoms with Crippen LogP contribution in [0.2, 0.25) is 0 Å². The highest BCUT2D eigenvalue weighted by molar-refractivity contribution is 9.10. The van der Waals surface area contributed by atoms with Gasteiger partial charge in [-0.1, -0.05) is 22.9 Å². The largest absolute Gasteiger partial charge is 0.494 e. The summed E-state index contributed by atoms with van der Waals surface area (Å²) in [6.07, 6.45) is 2.39. The molecule has 154 valence electrons. The van der Waals surface area contributed by atoms with Gasteiger partial charge in [0.25, 0.3) is 11.8 Å². The summed E-state index contributed by atoms with van der Waals surface area (Å²) in [6, 6.07) is 12.2. The first-order valence-electron chi connectivity index (χ1n) is 9.28. The van der Waals surface area contributed by atoms with Crippen molar-refractivity contribution in [3.8, 4) is 11.5 Å². The first kappa shape index (κ1) is 22.4. The van der Waals surface area contributed by atoms with E-state index in [2.05, 4.69) is 31.8 Å². The van der Waals surface area contributed by atoms with Crippen LogP contribution in [0.15, 0.2) is 52.0 Å². The Kier molecular flexibility index (Phi) is 9.17. The predicted molar refractivity (Wildman–Crippen MR) is 116 cm³/mol. The highest BCUT2D eigenvalue weighted by Gasteiger charge is 2.08. The third-order valence-corrected chi connectivity index (χ3v) is 4.16. The summed E-state index contributed by atoms with van der Waals surface area (Å²) < 4.78 is 11.9. The predicted octanol–water partition coefficient (Wildman–Crippen LogP) is 3.52. The van der Waals surface area contributed by atoms with Crippen molar-refractivity contribution in [2.75, 3.05) is 19.8 Å². The maximum Gasteiger partial charge on any atom is 0.259 e. The van der Waals surface area contributed by atoms with Crippen molar-refractivity contribution < 1.29 is 19.1 Å². The molecule has 2 rings (SSSR count). The van der Waals surface area contributed by atoms with Gasteiger partial charge in [-0.25, -0.2) is 5.43 Å². The van der Waals surface area contributed by atoms with Crippen molar-refractivity contribution in [3.63, 3.8) is 0 Å². The van der Waals surface area contributed by atoms with Crippen LogP contribution in [0.1, 0.15) is 36.2 Å². The van der Waals surface area contributed by atoms with Crippen LogP contribution in [0.4, 0.5) is 0 Å². The molecule has 0 bridgehead atoms. The Morgan fingerprint density at radius 3 is 2.55 bits per heavy atom. The molecule has 0 saturated carbocycles. The fraction of sp³-hybridized carbons (Fsp3) is 0.286. The molecule has 29 heavy (non-hydrogen) atoms. The first-order chi connectivity index (χ1) is 14.0. The molecular formula is C21H24BrN3O4. The molecule has 0 atom stereocenters. The molecular weight excluding hydrogens is 438 g/mol. The standard InChI is InChI=1S/C21H24BrN3O4/c1-3-11-29-19-10-7-17(22)12-16(19)13-24-25-20(26)14-23-21(27)15-5-8-18(9-6-15)28-4-2/h5-10,12-13H,3-4,11,14H2,1-2H3,(H,23,27)(H,25,26)/b24-13-. The molecule has 0 aliphatic rings. The molecule has 2 aromatic carbocycles. The summed E-state index contributed by atoms with van der Waals surface area (Å²) in [4.78, 5) is 24.0. The average Bonchev–Trinajstić information content (AvgIpc) is 2.72. The highest BCUT2D eigenvalue weighted by atomic mass is 79.9. The van der Waals surface area contributed by atoms with Gasteiger partial charge in [0.2, 0.25) is 0 Å². The molecule has 0 fully saturated rings. The topological polar surface area (TPSA) is 89.0 Å². The maximum atomic E-state index is 12.1. The lowest BCUT2D eigenvalue weighted by Gasteiger charge is -2.08. The van der Waals surface area contributed by atoms with Crippen LogP contribution < -0.4 is 20.2 Å². The SMILES string of the molecule is CCCOc1ccc(Br)cc1/C=N\NC(=O)CNC(=O)c1ccc(OCC)cc1. The quantitative estimate of drug-likeness (QED) is 0.418. The molecule has 0 aromatic heterocycles. The second-order valence-corrected chi connectivity index (χ2v) is 6.88. The van der Waals surface area contributed by atoms with Crippen LogP contribution in [0.3, 0.4) is 0 Å². The second kappa shape index (κ2) is 11.9. The van der Waals surface area contributed by atoms with Crippen molar-refractivity contribution in [3.05, 3.63) is 58.1 Å². The first-order valence-corrected chi connectivity index (χ1v) is 10.1. The molecule has 0 unspecified atom stereocenters. The monoisotopic (exact) mass is 461 g/mol. The average molecular weight is 462 g/mol. The van der Waals surface area contributed by atoms with Crippen LogP contribution in [-0.2, 0) is 4.79 Å². The van der Waals surface area contributed by atoms with E-state index >= 15 is 0 Å². The van der Waals surface area contributed by atoms with Crippen molar-refractivity contribution in [2.45, 2.75) is 20.3 Å². The lowest BCUT2D eigenvalue weighted by atomic mass is 10.2. The van der Waals surface area contributed by atoms with Gasteiger partial charge in [-0.2, -0.15) is 5.10 Å². The van der Waals surface area contributed by atoms with E-state index in [1.807, 2.05) is 32.0 Å². The smallest absolute Gasteiger partial charge is 0.259 e. The van der Waals surface area contributed by atoms with E-state index in [0.29, 0.717) is 30.3 Å². The van der Waals surface area contributed by atoms with Crippen LogP contribution in [0.5, 0.6) is 11.5 Å². The Bertz CT molecular complexity index is 854. The van der Waals surface area contributed by atoms with E-state index in [4.69, 9.17) is 9.47 Å². The zero-order valence-electron chi connectivity index (χ0n) is 16.4. The number of hydrazone groups is 1. The van der Waals surface area contributed by atoms with Gasteiger partial charge < -0.3 is 14.8 Å². The Hall–Kier alpha value is -2.87. The fourth-order valence-electron chi connectivity index (χ4n) is 2.31. The second-order valence-electron chi connectivity index (χ2n) is 5.96. The third-order valence-electron chi connectivity index (χ3n) is 3.66. The molecule has 2 aromatic rings. The third kappa shape index (κ3) is 7.57. The van der Waals surface area contributed by atoms with E-state index in [1.54, 1.807) is 24.3 Å². The number of carbonyl (C=O) groups excluding carboxylic acids is 2. The van der Waals surface area contributed by atoms with Gasteiger partial charge in [-0.15, -0.1) is 0 Å². The van der Waals surface area contributed by atoms with Gasteiger partial charge in [0.15, 0.2) is 0 Å². The molecule has 0 heterocycles. The number of ether oxygens (including phenoxy) is 2. The van der Waals surface area contributed by atoms with Crippen molar-refractivity contribution in [1.82, 2.24) is 10.7 Å². The van der Waals surface area contributed by atoms with Gasteiger partial charge >= 0.3 is 0 Å². The van der Waals surface area contributed by atoms with E-state index in [9.17, 15) is 9.59 Å². The van der Waals surface area contributed by atoms with Gasteiger partial charge in [0, 0.05) is 15.6 Å². The normalized spacial score (nSPS) is 10.6. The maximum absolute atomic E-state index is 12.1. The Balaban J connectivity index is 1.85. The molecule has 7 nitrogen and oxygen atoms in total. The molecule has 0 radical (unpaired) electrons. The lowest BCUT2D eigenvalue weighted by molar-refractivity contribution is -0.120. The van der Waals surface area contributed by atoms with Crippen LogP contribution >= 0.6 is 15.9 Å². The number of hydrogen-bond acceptors (Lipinski definition) is 5. The van der Waals surface area contributed by atoms with Crippen molar-refractivity contribution in [1.29, 1.82) is 0 Å². The fourth-order valence-corrected chi connectivity index (χ4v) is 2.69. The summed E-state index contributed by atoms with van der Waals surface area (Å²) in [5.74, 6) is 0.573. The minimum absolute atomic E-state index is 0.193. The van der Waals surface area contributed by atoms with Crippen LogP contribution in [-0.4, -0.2) is 37.8 Å². The lowest BCUT2D eigenvalue weighted by Crippen LogP contribution is -2.34. The van der Waals surface area contributed by atoms with Crippen LogP contribution in [0, 0.1) is 0 Å². The van der Waals surface area contributed by atoms with Gasteiger partial charge in [-0.3, -0.25) is 9.59 Å². The number of amides is 2. The molecule has 2 amide bonds. The number of hydrogen-bond donors (Lipinski definition) is 2. The summed E-state index contributed by atoms with van der Waals surface area (Å²) in [7, 11) is 0. The molecule has 8 heteroatoms. The number of rotatable bonds is 10. The van der Waals surface area contributed by atoms with Gasteiger partial charge in [0.05, 0.1) is 26.0 Å². The summed E-state index contributed by atoms with van der Waals surface area (Å²) in [5.41, 5.74) is 3.56. The zero-order valence-corrected chi connectivity index (χ0v) is 18.0. The Morgan fingerprint density at radius 2 is 1.86 bits per heavy atom. The van der Waals surface area contributed by atoms with E-state index < -0.39 is 5.91 Å². The minimum Gasteiger partial charge on any atom is -0.494 e. The van der Waals surface area contributed by atoms with E-state index in [0.717, 1.165) is 16.5 Å². The molecule has 0 spiro atoms. The minimum atomic E-state index is -0.438. The molecule has 0 aliphatic carbocycles. The number of nitrogens with zero attached hydrogens (tertiary/aromatic N) is 1. The summed E-state index contributed by atoms with van der Waals surface area (Å²) >= 11 is 3.40. The number of carbonyl (C=O) groups is 2. The van der Waals surface area contributed by atoms with Crippen molar-refractivity contribution in [2.24, 2.45) is 5.10 Å².